The molecule has 1 aromatic carbocycles. The van der Waals surface area contributed by atoms with E-state index >= 15 is 0 Å². The number of hydrogen-bond donors (Lipinski definition) is 1. The highest BCUT2D eigenvalue weighted by Crippen LogP contribution is 2.19. The number of carbonyl (C=O) groups is 1. The summed E-state index contributed by atoms with van der Waals surface area (Å²) in [6.45, 7) is 0.265. The molecular weight excluding hydrogens is 340 g/mol. The van der Waals surface area contributed by atoms with E-state index in [1.807, 2.05) is 30.3 Å². The lowest BCUT2D eigenvalue weighted by Gasteiger charge is -2.13. The molecule has 7 heteroatoms. The van der Waals surface area contributed by atoms with Crippen LogP contribution in [0.15, 0.2) is 40.3 Å². The lowest BCUT2D eigenvalue weighted by atomic mass is 10.0. The molecule has 0 saturated heterocycles. The van der Waals surface area contributed by atoms with Crippen LogP contribution in [0, 0.1) is 0 Å². The largest absolute Gasteiger partial charge is 0.481 e. The second kappa shape index (κ2) is 9.39. The lowest BCUT2D eigenvalue weighted by Crippen LogP contribution is -2.27. The second-order valence-electron chi connectivity index (χ2n) is 5.62. The van der Waals surface area contributed by atoms with Gasteiger partial charge in [0.1, 0.15) is 0 Å². The van der Waals surface area contributed by atoms with Crippen molar-refractivity contribution in [1.82, 2.24) is 9.55 Å². The van der Waals surface area contributed by atoms with Crippen LogP contribution in [-0.2, 0) is 29.6 Å². The summed E-state index contributed by atoms with van der Waals surface area (Å²) in [5.41, 5.74) is 2.22. The normalized spacial score (nSPS) is 10.8. The maximum atomic E-state index is 12.8. The Labute approximate surface area is 150 Å². The molecule has 0 aliphatic rings. The van der Waals surface area contributed by atoms with Crippen LogP contribution in [0.4, 0.5) is 0 Å². The third-order valence-electron chi connectivity index (χ3n) is 3.70. The zero-order valence-electron chi connectivity index (χ0n) is 14.4. The monoisotopic (exact) mass is 362 g/mol. The summed E-state index contributed by atoms with van der Waals surface area (Å²) < 4.78 is 6.75. The molecule has 2 aromatic rings. The van der Waals surface area contributed by atoms with Crippen LogP contribution in [0.2, 0.25) is 0 Å². The Balaban J connectivity index is 2.26. The number of benzene rings is 1. The maximum Gasteiger partial charge on any atom is 0.303 e. The van der Waals surface area contributed by atoms with Gasteiger partial charge in [0.15, 0.2) is 5.16 Å². The Hall–Kier alpha value is -2.12. The first-order valence-corrected chi connectivity index (χ1v) is 8.97. The van der Waals surface area contributed by atoms with E-state index in [-0.39, 0.29) is 18.6 Å². The molecule has 0 atom stereocenters. The molecule has 134 valence electrons. The minimum atomic E-state index is -0.819. The van der Waals surface area contributed by atoms with Gasteiger partial charge in [0.2, 0.25) is 0 Å². The van der Waals surface area contributed by atoms with Crippen molar-refractivity contribution in [3.8, 4) is 0 Å². The summed E-state index contributed by atoms with van der Waals surface area (Å²) in [7, 11) is 3.27. The number of aliphatic carboxylic acids is 1. The molecule has 0 unspecified atom stereocenters. The number of thioether (sulfide) groups is 1. The summed E-state index contributed by atoms with van der Waals surface area (Å²) in [6, 6.07) is 9.77. The molecule has 0 fully saturated rings. The summed E-state index contributed by atoms with van der Waals surface area (Å²) in [6.07, 6.45) is 1.14. The van der Waals surface area contributed by atoms with Crippen LogP contribution in [0.3, 0.4) is 0 Å². The molecule has 0 saturated carbocycles. The molecule has 6 nitrogen and oxygen atoms in total. The molecule has 0 bridgehead atoms. The van der Waals surface area contributed by atoms with Crippen molar-refractivity contribution in [1.29, 1.82) is 0 Å². The van der Waals surface area contributed by atoms with Crippen LogP contribution >= 0.6 is 11.8 Å². The van der Waals surface area contributed by atoms with Gasteiger partial charge in [-0.3, -0.25) is 14.2 Å². The van der Waals surface area contributed by atoms with Gasteiger partial charge in [0.05, 0.1) is 12.3 Å². The van der Waals surface area contributed by atoms with Gasteiger partial charge >= 0.3 is 5.97 Å². The summed E-state index contributed by atoms with van der Waals surface area (Å²) in [4.78, 5) is 28.0. The first-order chi connectivity index (χ1) is 12.0. The van der Waals surface area contributed by atoms with E-state index in [4.69, 9.17) is 9.84 Å². The molecule has 25 heavy (non-hydrogen) atoms. The van der Waals surface area contributed by atoms with Crippen LogP contribution in [-0.4, -0.2) is 33.5 Å². The summed E-state index contributed by atoms with van der Waals surface area (Å²) in [5.74, 6) is -0.224. The number of methoxy groups -OCH3 is 1. The molecule has 0 aliphatic heterocycles. The fourth-order valence-corrected chi connectivity index (χ4v) is 3.34. The van der Waals surface area contributed by atoms with Gasteiger partial charge in [-0.2, -0.15) is 0 Å². The summed E-state index contributed by atoms with van der Waals surface area (Å²) in [5, 5.41) is 9.29. The SMILES string of the molecule is COCc1nc(SCCCC(=O)O)n(C)c(=O)c1Cc1ccccc1. The molecular formula is C18H22N2O4S. The molecule has 0 aliphatic carbocycles. The molecule has 2 rings (SSSR count). The number of rotatable bonds is 9. The van der Waals surface area contributed by atoms with Crippen LogP contribution in [0.25, 0.3) is 0 Å². The standard InChI is InChI=1S/C18H22N2O4S/c1-20-17(23)14(11-13-7-4-3-5-8-13)15(12-24-2)19-18(20)25-10-6-9-16(21)22/h3-5,7-8H,6,9-12H2,1-2H3,(H,21,22). The fourth-order valence-electron chi connectivity index (χ4n) is 2.42. The van der Waals surface area contributed by atoms with E-state index in [0.717, 1.165) is 5.56 Å². The van der Waals surface area contributed by atoms with Gasteiger partial charge in [-0.1, -0.05) is 42.1 Å². The Morgan fingerprint density at radius 3 is 2.68 bits per heavy atom. The van der Waals surface area contributed by atoms with Gasteiger partial charge in [-0.15, -0.1) is 0 Å². The average Bonchev–Trinajstić information content (AvgIpc) is 2.60. The van der Waals surface area contributed by atoms with Crippen LogP contribution in [0.1, 0.15) is 29.7 Å². The first-order valence-electron chi connectivity index (χ1n) is 7.99. The van der Waals surface area contributed by atoms with Crippen molar-refractivity contribution < 1.29 is 14.6 Å². The summed E-state index contributed by atoms with van der Waals surface area (Å²) >= 11 is 1.39. The third-order valence-corrected chi connectivity index (χ3v) is 4.82. The number of hydrogen-bond acceptors (Lipinski definition) is 5. The molecule has 1 heterocycles. The van der Waals surface area contributed by atoms with Crippen molar-refractivity contribution in [2.24, 2.45) is 7.05 Å². The predicted octanol–water partition coefficient (Wildman–Crippen LogP) is 2.47. The van der Waals surface area contributed by atoms with E-state index in [0.29, 0.717) is 35.0 Å². The number of aromatic nitrogens is 2. The van der Waals surface area contributed by atoms with E-state index in [2.05, 4.69) is 4.98 Å². The van der Waals surface area contributed by atoms with E-state index in [1.165, 1.54) is 16.3 Å². The van der Waals surface area contributed by atoms with E-state index in [1.54, 1.807) is 14.2 Å². The Kier molecular flexibility index (Phi) is 7.21. The van der Waals surface area contributed by atoms with Crippen molar-refractivity contribution in [3.63, 3.8) is 0 Å². The molecule has 1 aromatic heterocycles. The zero-order valence-corrected chi connectivity index (χ0v) is 15.2. The van der Waals surface area contributed by atoms with E-state index < -0.39 is 5.97 Å². The van der Waals surface area contributed by atoms with Crippen molar-refractivity contribution in [3.05, 3.63) is 57.5 Å². The number of carboxylic acid groups (broad SMARTS) is 1. The number of carboxylic acids is 1. The van der Waals surface area contributed by atoms with Gasteiger partial charge in [0, 0.05) is 38.3 Å². The predicted molar refractivity (Wildman–Crippen MR) is 97.0 cm³/mol. The van der Waals surface area contributed by atoms with Gasteiger partial charge in [0.25, 0.3) is 5.56 Å². The Morgan fingerprint density at radius 2 is 2.04 bits per heavy atom. The lowest BCUT2D eigenvalue weighted by molar-refractivity contribution is -0.137. The molecule has 0 amide bonds. The Morgan fingerprint density at radius 1 is 1.32 bits per heavy atom. The number of ether oxygens (including phenoxy) is 1. The zero-order chi connectivity index (χ0) is 18.2. The fraction of sp³-hybridized carbons (Fsp3) is 0.389. The smallest absolute Gasteiger partial charge is 0.303 e. The van der Waals surface area contributed by atoms with Crippen molar-refractivity contribution >= 4 is 17.7 Å². The molecule has 0 radical (unpaired) electrons. The molecule has 0 spiro atoms. The third kappa shape index (κ3) is 5.44. The quantitative estimate of drug-likeness (QED) is 0.419. The minimum absolute atomic E-state index is 0.0911. The van der Waals surface area contributed by atoms with E-state index in [9.17, 15) is 9.59 Å². The van der Waals surface area contributed by atoms with Gasteiger partial charge in [-0.25, -0.2) is 4.98 Å². The van der Waals surface area contributed by atoms with Gasteiger partial charge < -0.3 is 9.84 Å². The highest BCUT2D eigenvalue weighted by molar-refractivity contribution is 7.99. The van der Waals surface area contributed by atoms with Gasteiger partial charge in [-0.05, 0) is 12.0 Å². The van der Waals surface area contributed by atoms with Crippen molar-refractivity contribution in [2.45, 2.75) is 31.0 Å². The maximum absolute atomic E-state index is 12.8. The Bertz CT molecular complexity index is 775. The van der Waals surface area contributed by atoms with Crippen LogP contribution in [0.5, 0.6) is 0 Å². The molecule has 1 N–H and O–H groups in total. The minimum Gasteiger partial charge on any atom is -0.481 e. The van der Waals surface area contributed by atoms with Crippen molar-refractivity contribution in [2.75, 3.05) is 12.9 Å². The highest BCUT2D eigenvalue weighted by atomic mass is 32.2. The first kappa shape index (κ1) is 19.2. The second-order valence-corrected chi connectivity index (χ2v) is 6.69. The topological polar surface area (TPSA) is 81.4 Å². The average molecular weight is 362 g/mol. The number of nitrogens with zero attached hydrogens (tertiary/aromatic N) is 2. The van der Waals surface area contributed by atoms with Crippen LogP contribution < -0.4 is 5.56 Å². The highest BCUT2D eigenvalue weighted by Gasteiger charge is 2.15.